The predicted molar refractivity (Wildman–Crippen MR) is 189 cm³/mol. The van der Waals surface area contributed by atoms with Crippen LogP contribution in [0.15, 0.2) is 65.6 Å². The van der Waals surface area contributed by atoms with Gasteiger partial charge in [-0.05, 0) is 31.4 Å². The van der Waals surface area contributed by atoms with Gasteiger partial charge in [0.15, 0.2) is 0 Å². The molecule has 1 amide bonds. The molecule has 2 aromatic carbocycles. The highest BCUT2D eigenvalue weighted by atomic mass is 35.5. The van der Waals surface area contributed by atoms with E-state index in [0.717, 1.165) is 39.8 Å². The molecule has 10 nitrogen and oxygen atoms in total. The van der Waals surface area contributed by atoms with Crippen LogP contribution in [0.25, 0.3) is 39.0 Å². The lowest BCUT2D eigenvalue weighted by molar-refractivity contribution is -0.119. The third-order valence-electron chi connectivity index (χ3n) is 9.25. The fourth-order valence-electron chi connectivity index (χ4n) is 6.23. The van der Waals surface area contributed by atoms with Crippen molar-refractivity contribution in [2.45, 2.75) is 50.5 Å². The summed E-state index contributed by atoms with van der Waals surface area (Å²) in [6.45, 7) is 1.71. The second-order valence-corrected chi connectivity index (χ2v) is 13.5. The van der Waals surface area contributed by atoms with Crippen LogP contribution in [0.2, 0.25) is 10.0 Å². The van der Waals surface area contributed by atoms with E-state index in [1.54, 1.807) is 30.9 Å². The fraction of sp³-hybridized carbons (Fsp3) is 0.333. The van der Waals surface area contributed by atoms with Crippen molar-refractivity contribution in [2.75, 3.05) is 20.2 Å². The topological polar surface area (TPSA) is 115 Å². The zero-order valence-corrected chi connectivity index (χ0v) is 28.7. The minimum absolute atomic E-state index is 0.0892. The Morgan fingerprint density at radius 3 is 2.41 bits per heavy atom. The zero-order chi connectivity index (χ0) is 34.3. The van der Waals surface area contributed by atoms with Crippen molar-refractivity contribution >= 4 is 34.6 Å². The number of halogens is 3. The fourth-order valence-corrected chi connectivity index (χ4v) is 6.89. The minimum Gasteiger partial charge on any atom is -0.481 e. The highest BCUT2D eigenvalue weighted by Crippen LogP contribution is 2.42. The van der Waals surface area contributed by atoms with Gasteiger partial charge in [-0.1, -0.05) is 65.7 Å². The van der Waals surface area contributed by atoms with Gasteiger partial charge in [0.1, 0.15) is 17.0 Å². The molecule has 254 valence electrons. The lowest BCUT2D eigenvalue weighted by atomic mass is 9.97. The monoisotopic (exact) mass is 703 g/mol. The van der Waals surface area contributed by atoms with Crippen LogP contribution in [0.4, 0.5) is 4.39 Å². The minimum atomic E-state index is -1.14. The maximum atomic E-state index is 14.1. The average Bonchev–Trinajstić information content (AvgIpc) is 3.45. The van der Waals surface area contributed by atoms with E-state index < -0.39 is 5.67 Å². The third-order valence-corrected chi connectivity index (χ3v) is 10.1. The van der Waals surface area contributed by atoms with Gasteiger partial charge in [-0.25, -0.2) is 13.9 Å². The van der Waals surface area contributed by atoms with Crippen molar-refractivity contribution in [1.82, 2.24) is 35.1 Å². The van der Waals surface area contributed by atoms with E-state index in [2.05, 4.69) is 21.0 Å². The summed E-state index contributed by atoms with van der Waals surface area (Å²) in [6.07, 6.45) is 4.28. The first kappa shape index (κ1) is 33.2. The van der Waals surface area contributed by atoms with Gasteiger partial charge < -0.3 is 20.7 Å². The van der Waals surface area contributed by atoms with Crippen LogP contribution in [0.5, 0.6) is 5.88 Å². The Kier molecular flexibility index (Phi) is 9.19. The van der Waals surface area contributed by atoms with Crippen molar-refractivity contribution in [3.8, 4) is 39.4 Å². The standard InChI is InChI=1S/C36H36Cl2FN7O3/c1-45-30(18-41-20-36(39)13-14-36)44-46-19-22(15-29(46)35(45)48)24-5-3-6-25(32(24)37)26-7-4-8-27(33(26)38)28-11-9-21(34(43-28)49-2)16-40-17-23-10-12-31(47)42-23/h3-9,11,15,19,23,40-41H,10,12-14,16-18,20H2,1-2H3,(H,42,47)/t23-/m0/s1. The molecule has 0 unspecified atom stereocenters. The Morgan fingerprint density at radius 1 is 1.00 bits per heavy atom. The highest BCUT2D eigenvalue weighted by molar-refractivity contribution is 6.39. The van der Waals surface area contributed by atoms with Gasteiger partial charge in [-0.15, -0.1) is 0 Å². The summed E-state index contributed by atoms with van der Waals surface area (Å²) in [6, 6.07) is 17.2. The average molecular weight is 705 g/mol. The van der Waals surface area contributed by atoms with Crippen molar-refractivity contribution in [3.05, 3.63) is 92.6 Å². The van der Waals surface area contributed by atoms with Crippen LogP contribution < -0.4 is 26.2 Å². The van der Waals surface area contributed by atoms with E-state index in [9.17, 15) is 14.0 Å². The maximum Gasteiger partial charge on any atom is 0.277 e. The first-order valence-electron chi connectivity index (χ1n) is 16.2. The molecular weight excluding hydrogens is 668 g/mol. The molecule has 0 radical (unpaired) electrons. The summed E-state index contributed by atoms with van der Waals surface area (Å²) in [5.74, 6) is 1.07. The molecule has 3 N–H and O–H groups in total. The molecule has 1 atom stereocenters. The third kappa shape index (κ3) is 6.81. The number of methoxy groups -OCH3 is 1. The number of carbonyl (C=O) groups is 1. The quantitative estimate of drug-likeness (QED) is 0.153. The van der Waals surface area contributed by atoms with Crippen LogP contribution in [-0.2, 0) is 24.9 Å². The number of carbonyl (C=O) groups excluding carboxylic acids is 1. The number of benzene rings is 2. The molecule has 2 aliphatic rings. The second kappa shape index (κ2) is 13.5. The number of alkyl halides is 1. The van der Waals surface area contributed by atoms with Crippen molar-refractivity contribution in [3.63, 3.8) is 0 Å². The SMILES string of the molecule is COc1nc(-c2cccc(-c3cccc(-c4cc5c(=O)n(C)c(CNCC6(F)CC6)nn5c4)c3Cl)c2Cl)ccc1CNC[C@@H]1CCC(=O)N1. The van der Waals surface area contributed by atoms with Crippen molar-refractivity contribution < 1.29 is 13.9 Å². The largest absolute Gasteiger partial charge is 0.481 e. The Hall–Kier alpha value is -4.29. The van der Waals surface area contributed by atoms with Gasteiger partial charge in [0.05, 0.1) is 29.4 Å². The number of hydrogen-bond donors (Lipinski definition) is 3. The van der Waals surface area contributed by atoms with E-state index in [1.807, 2.05) is 48.5 Å². The maximum absolute atomic E-state index is 14.1. The molecule has 7 rings (SSSR count). The van der Waals surface area contributed by atoms with E-state index in [4.69, 9.17) is 32.9 Å². The Labute approximate surface area is 292 Å². The predicted octanol–water partition coefficient (Wildman–Crippen LogP) is 5.70. The van der Waals surface area contributed by atoms with Crippen LogP contribution in [0, 0.1) is 0 Å². The number of rotatable bonds is 12. The smallest absolute Gasteiger partial charge is 0.277 e. The molecule has 2 fully saturated rings. The van der Waals surface area contributed by atoms with Crippen LogP contribution in [0.3, 0.4) is 0 Å². The van der Waals surface area contributed by atoms with Gasteiger partial charge in [0.25, 0.3) is 5.56 Å². The number of nitrogens with zero attached hydrogens (tertiary/aromatic N) is 4. The molecular formula is C36H36Cl2FN7O3. The van der Waals surface area contributed by atoms with Crippen LogP contribution in [-0.4, -0.2) is 57.0 Å². The zero-order valence-electron chi connectivity index (χ0n) is 27.2. The van der Waals surface area contributed by atoms with E-state index >= 15 is 0 Å². The van der Waals surface area contributed by atoms with E-state index in [1.165, 1.54) is 4.57 Å². The Morgan fingerprint density at radius 2 is 1.71 bits per heavy atom. The molecule has 13 heteroatoms. The molecule has 1 saturated heterocycles. The number of nitrogens with one attached hydrogen (secondary N) is 3. The molecule has 4 heterocycles. The molecule has 0 spiro atoms. The van der Waals surface area contributed by atoms with Gasteiger partial charge >= 0.3 is 0 Å². The number of pyridine rings is 1. The molecule has 0 bridgehead atoms. The molecule has 49 heavy (non-hydrogen) atoms. The molecule has 1 saturated carbocycles. The lowest BCUT2D eigenvalue weighted by Gasteiger charge is -2.15. The summed E-state index contributed by atoms with van der Waals surface area (Å²) >= 11 is 14.2. The van der Waals surface area contributed by atoms with Crippen molar-refractivity contribution in [2.24, 2.45) is 7.05 Å². The van der Waals surface area contributed by atoms with E-state index in [0.29, 0.717) is 65.3 Å². The molecule has 3 aromatic heterocycles. The Bertz CT molecular complexity index is 2130. The number of amides is 1. The first-order valence-corrected chi connectivity index (χ1v) is 17.0. The first-order chi connectivity index (χ1) is 23.6. The number of hydrogen-bond acceptors (Lipinski definition) is 7. The summed E-state index contributed by atoms with van der Waals surface area (Å²) in [4.78, 5) is 29.5. The summed E-state index contributed by atoms with van der Waals surface area (Å²) < 4.78 is 22.8. The van der Waals surface area contributed by atoms with Gasteiger partial charge in [0, 0.05) is 78.7 Å². The van der Waals surface area contributed by atoms with E-state index in [-0.39, 0.29) is 30.6 Å². The normalized spacial score (nSPS) is 16.7. The second-order valence-electron chi connectivity index (χ2n) is 12.7. The lowest BCUT2D eigenvalue weighted by Crippen LogP contribution is -2.35. The summed E-state index contributed by atoms with van der Waals surface area (Å²) in [7, 11) is 3.25. The van der Waals surface area contributed by atoms with Gasteiger partial charge in [0.2, 0.25) is 11.8 Å². The number of ether oxygens (including phenoxy) is 1. The summed E-state index contributed by atoms with van der Waals surface area (Å²) in [5, 5.41) is 15.0. The highest BCUT2D eigenvalue weighted by Gasteiger charge is 2.42. The molecule has 5 aromatic rings. The number of aromatic nitrogens is 4. The Balaban J connectivity index is 1.15. The van der Waals surface area contributed by atoms with Crippen molar-refractivity contribution in [1.29, 1.82) is 0 Å². The molecule has 1 aliphatic heterocycles. The van der Waals surface area contributed by atoms with Crippen LogP contribution >= 0.6 is 23.2 Å². The van der Waals surface area contributed by atoms with Gasteiger partial charge in [-0.2, -0.15) is 5.10 Å². The van der Waals surface area contributed by atoms with Crippen LogP contribution in [0.1, 0.15) is 37.1 Å². The summed E-state index contributed by atoms with van der Waals surface area (Å²) in [5.41, 5.74) is 4.18. The number of fused-ring (bicyclic) bond motifs is 1. The molecule has 1 aliphatic carbocycles. The van der Waals surface area contributed by atoms with Gasteiger partial charge in [-0.3, -0.25) is 14.2 Å².